The molecule has 33 heavy (non-hydrogen) atoms. The highest BCUT2D eigenvalue weighted by Gasteiger charge is 2.72. The predicted octanol–water partition coefficient (Wildman–Crippen LogP) is 2.50. The van der Waals surface area contributed by atoms with Crippen molar-refractivity contribution in [2.75, 3.05) is 6.61 Å². The van der Waals surface area contributed by atoms with Gasteiger partial charge < -0.3 is 23.4 Å². The Morgan fingerprint density at radius 2 is 1.85 bits per heavy atom. The van der Waals surface area contributed by atoms with E-state index in [0.717, 1.165) is 0 Å². The Balaban J connectivity index is 1.70. The molecule has 9 heteroatoms. The van der Waals surface area contributed by atoms with Crippen LogP contribution in [-0.4, -0.2) is 42.7 Å². The third kappa shape index (κ3) is 3.04. The van der Waals surface area contributed by atoms with Gasteiger partial charge in [0, 0.05) is 36.2 Å². The van der Waals surface area contributed by atoms with Gasteiger partial charge in [-0.1, -0.05) is 13.0 Å². The molecule has 2 aliphatic heterocycles. The average molecular weight is 458 g/mol. The molecule has 9 nitrogen and oxygen atoms in total. The number of ether oxygens (including phenoxy) is 4. The molecule has 1 aromatic rings. The van der Waals surface area contributed by atoms with Crippen LogP contribution in [0.5, 0.6) is 0 Å². The lowest BCUT2D eigenvalue weighted by Crippen LogP contribution is -2.67. The largest absolute Gasteiger partial charge is 0.472 e. The van der Waals surface area contributed by atoms with Crippen molar-refractivity contribution in [1.82, 2.24) is 0 Å². The zero-order chi connectivity index (χ0) is 23.5. The summed E-state index contributed by atoms with van der Waals surface area (Å²) in [5.41, 5.74) is -1.16. The van der Waals surface area contributed by atoms with Gasteiger partial charge in [-0.2, -0.15) is 0 Å². The maximum atomic E-state index is 13.3. The second-order valence-electron chi connectivity index (χ2n) is 9.66. The molecule has 176 valence electrons. The van der Waals surface area contributed by atoms with Crippen LogP contribution in [0.25, 0.3) is 0 Å². The van der Waals surface area contributed by atoms with Crippen molar-refractivity contribution in [2.24, 2.45) is 28.6 Å². The van der Waals surface area contributed by atoms with Crippen molar-refractivity contribution < 1.29 is 42.5 Å². The van der Waals surface area contributed by atoms with Gasteiger partial charge in [0.2, 0.25) is 0 Å². The van der Waals surface area contributed by atoms with Crippen molar-refractivity contribution >= 4 is 23.9 Å². The molecule has 2 saturated heterocycles. The lowest BCUT2D eigenvalue weighted by molar-refractivity contribution is -0.251. The third-order valence-electron chi connectivity index (χ3n) is 8.00. The van der Waals surface area contributed by atoms with E-state index in [1.807, 2.05) is 6.92 Å². The lowest BCUT2D eigenvalue weighted by Gasteiger charge is -2.62. The zero-order valence-corrected chi connectivity index (χ0v) is 18.6. The highest BCUT2D eigenvalue weighted by molar-refractivity contribution is 5.80. The Labute approximate surface area is 190 Å². The first-order chi connectivity index (χ1) is 15.7. The summed E-state index contributed by atoms with van der Waals surface area (Å²) in [6, 6.07) is 1.66. The summed E-state index contributed by atoms with van der Waals surface area (Å²) in [4.78, 5) is 50.3. The molecule has 0 radical (unpaired) electrons. The number of rotatable bonds is 3. The maximum absolute atomic E-state index is 13.3. The highest BCUT2D eigenvalue weighted by Crippen LogP contribution is 2.67. The van der Waals surface area contributed by atoms with Gasteiger partial charge >= 0.3 is 23.9 Å². The number of fused-ring (bicyclic) bond motifs is 2. The summed E-state index contributed by atoms with van der Waals surface area (Å²) >= 11 is 0. The molecule has 3 heterocycles. The molecule has 1 aromatic heterocycles. The summed E-state index contributed by atoms with van der Waals surface area (Å²) < 4.78 is 28.1. The average Bonchev–Trinajstić information content (AvgIpc) is 3.38. The first-order valence-electron chi connectivity index (χ1n) is 11.1. The van der Waals surface area contributed by atoms with Crippen molar-refractivity contribution in [2.45, 2.75) is 51.9 Å². The Bertz CT molecular complexity index is 1030. The monoisotopic (exact) mass is 458 g/mol. The fourth-order valence-corrected chi connectivity index (χ4v) is 6.82. The normalized spacial score (nSPS) is 41.2. The van der Waals surface area contributed by atoms with Crippen LogP contribution in [0, 0.1) is 28.6 Å². The number of esters is 4. The van der Waals surface area contributed by atoms with Crippen LogP contribution in [-0.2, 0) is 38.1 Å². The summed E-state index contributed by atoms with van der Waals surface area (Å²) in [7, 11) is 0. The van der Waals surface area contributed by atoms with Crippen molar-refractivity contribution in [3.05, 3.63) is 36.3 Å². The summed E-state index contributed by atoms with van der Waals surface area (Å²) in [6.45, 7) is 4.64. The molecule has 3 fully saturated rings. The summed E-state index contributed by atoms with van der Waals surface area (Å²) in [6.07, 6.45) is 4.77. The molecular weight excluding hydrogens is 432 g/mol. The SMILES string of the molecule is CC(=O)O[C@@H]1C=C[C@H]2C(=O)OC[C@]23CC[C@H]2C(=O)O[C@@H](c4ccoc4)[C@H](OC(C)=O)[C@]2(C)[C@@H]13. The number of carbonyl (C=O) groups is 4. The van der Waals surface area contributed by atoms with E-state index < -0.39 is 64.8 Å². The Hall–Kier alpha value is -3.10. The summed E-state index contributed by atoms with van der Waals surface area (Å²) in [5, 5.41) is 0. The topological polar surface area (TPSA) is 118 Å². The van der Waals surface area contributed by atoms with E-state index in [1.165, 1.54) is 26.4 Å². The second kappa shape index (κ2) is 7.46. The number of hydrogen-bond acceptors (Lipinski definition) is 9. The van der Waals surface area contributed by atoms with E-state index in [-0.39, 0.29) is 12.6 Å². The zero-order valence-electron chi connectivity index (χ0n) is 18.6. The maximum Gasteiger partial charge on any atom is 0.313 e. The Morgan fingerprint density at radius 1 is 1.09 bits per heavy atom. The third-order valence-corrected chi connectivity index (χ3v) is 8.00. The van der Waals surface area contributed by atoms with Crippen molar-refractivity contribution in [3.8, 4) is 0 Å². The molecule has 5 rings (SSSR count). The van der Waals surface area contributed by atoms with Crippen LogP contribution in [0.1, 0.15) is 45.3 Å². The van der Waals surface area contributed by atoms with Crippen LogP contribution in [0.2, 0.25) is 0 Å². The fourth-order valence-electron chi connectivity index (χ4n) is 6.82. The first-order valence-corrected chi connectivity index (χ1v) is 11.1. The summed E-state index contributed by atoms with van der Waals surface area (Å²) in [5.74, 6) is -3.45. The molecule has 4 aliphatic rings. The van der Waals surface area contributed by atoms with Gasteiger partial charge in [0.15, 0.2) is 6.10 Å². The first kappa shape index (κ1) is 21.7. The van der Waals surface area contributed by atoms with Crippen LogP contribution >= 0.6 is 0 Å². The molecule has 0 amide bonds. The van der Waals surface area contributed by atoms with E-state index >= 15 is 0 Å². The molecule has 1 spiro atoms. The van der Waals surface area contributed by atoms with Crippen LogP contribution < -0.4 is 0 Å². The minimum absolute atomic E-state index is 0.143. The molecule has 0 N–H and O–H groups in total. The van der Waals surface area contributed by atoms with E-state index in [4.69, 9.17) is 23.4 Å². The van der Waals surface area contributed by atoms with Gasteiger partial charge in [-0.25, -0.2) is 0 Å². The van der Waals surface area contributed by atoms with Gasteiger partial charge in [-0.05, 0) is 25.0 Å². The van der Waals surface area contributed by atoms with E-state index in [1.54, 1.807) is 18.2 Å². The number of cyclic esters (lactones) is 2. The number of furan rings is 1. The molecule has 0 bridgehead atoms. The molecule has 1 saturated carbocycles. The van der Waals surface area contributed by atoms with Crippen LogP contribution in [0.15, 0.2) is 35.2 Å². The van der Waals surface area contributed by atoms with E-state index in [0.29, 0.717) is 18.4 Å². The fraction of sp³-hybridized carbons (Fsp3) is 0.583. The number of carbonyl (C=O) groups excluding carboxylic acids is 4. The van der Waals surface area contributed by atoms with Gasteiger partial charge in [0.05, 0.1) is 31.0 Å². The number of hydrogen-bond donors (Lipinski definition) is 0. The Kier molecular flexibility index (Phi) is 4.91. The highest BCUT2D eigenvalue weighted by atomic mass is 16.6. The smallest absolute Gasteiger partial charge is 0.313 e. The minimum atomic E-state index is -1.02. The van der Waals surface area contributed by atoms with Gasteiger partial charge in [0.25, 0.3) is 0 Å². The van der Waals surface area contributed by atoms with E-state index in [2.05, 4.69) is 0 Å². The van der Waals surface area contributed by atoms with Crippen molar-refractivity contribution in [1.29, 1.82) is 0 Å². The Morgan fingerprint density at radius 3 is 2.52 bits per heavy atom. The van der Waals surface area contributed by atoms with Gasteiger partial charge in [-0.15, -0.1) is 0 Å². The van der Waals surface area contributed by atoms with Gasteiger partial charge in [0.1, 0.15) is 12.2 Å². The second-order valence-corrected chi connectivity index (χ2v) is 9.66. The van der Waals surface area contributed by atoms with Crippen LogP contribution in [0.3, 0.4) is 0 Å². The standard InChI is InChI=1S/C24H26O9/c1-12(25)31-17-5-4-16-21(27)30-11-24(16)8-6-15-22(28)33-18(14-7-9-29-10-14)20(32-13(2)26)23(15,3)19(17)24/h4-5,7,9-10,15-20H,6,8,11H2,1-3H3/t15-,16-,17+,18-,19+,20-,23-,24+/m0/s1. The van der Waals surface area contributed by atoms with Gasteiger partial charge in [-0.3, -0.25) is 19.2 Å². The van der Waals surface area contributed by atoms with Crippen LogP contribution in [0.4, 0.5) is 0 Å². The predicted molar refractivity (Wildman–Crippen MR) is 109 cm³/mol. The minimum Gasteiger partial charge on any atom is -0.472 e. The van der Waals surface area contributed by atoms with Crippen molar-refractivity contribution in [3.63, 3.8) is 0 Å². The quantitative estimate of drug-likeness (QED) is 0.382. The molecule has 8 atom stereocenters. The molecule has 0 aromatic carbocycles. The lowest BCUT2D eigenvalue weighted by atomic mass is 9.43. The molecule has 2 aliphatic carbocycles. The molecular formula is C24H26O9. The van der Waals surface area contributed by atoms with E-state index in [9.17, 15) is 19.2 Å². The molecule has 0 unspecified atom stereocenters.